The summed E-state index contributed by atoms with van der Waals surface area (Å²) in [6, 6.07) is -0.538. The minimum absolute atomic E-state index is 0.111. The Morgan fingerprint density at radius 1 is 1.16 bits per heavy atom. The van der Waals surface area contributed by atoms with E-state index in [4.69, 9.17) is 5.73 Å². The summed E-state index contributed by atoms with van der Waals surface area (Å²) in [5.74, 6) is 2.32. The van der Waals surface area contributed by atoms with Crippen molar-refractivity contribution >= 4 is 11.7 Å². The third-order valence-electron chi connectivity index (χ3n) is 5.47. The third-order valence-corrected chi connectivity index (χ3v) is 5.47. The van der Waals surface area contributed by atoms with Crippen LogP contribution in [-0.4, -0.2) is 24.3 Å². The van der Waals surface area contributed by atoms with Crippen molar-refractivity contribution in [3.63, 3.8) is 0 Å². The molecule has 4 nitrogen and oxygen atoms in total. The highest BCUT2D eigenvalue weighted by atomic mass is 16.2. The van der Waals surface area contributed by atoms with E-state index in [1.54, 1.807) is 6.92 Å². The van der Waals surface area contributed by atoms with Crippen LogP contribution in [0.1, 0.15) is 45.4 Å². The maximum absolute atomic E-state index is 12.6. The average Bonchev–Trinajstić information content (AvgIpc) is 2.33. The van der Waals surface area contributed by atoms with E-state index in [1.807, 2.05) is 0 Å². The van der Waals surface area contributed by atoms with Crippen LogP contribution in [0.4, 0.5) is 0 Å². The van der Waals surface area contributed by atoms with Crippen molar-refractivity contribution in [3.8, 4) is 0 Å². The largest absolute Gasteiger partial charge is 0.348 e. The normalized spacial score (nSPS) is 41.1. The van der Waals surface area contributed by atoms with E-state index in [0.717, 1.165) is 37.0 Å². The molecule has 1 atom stereocenters. The second-order valence-corrected chi connectivity index (χ2v) is 7.13. The number of nitrogens with one attached hydrogen (secondary N) is 1. The Morgan fingerprint density at radius 3 is 2.05 bits per heavy atom. The summed E-state index contributed by atoms with van der Waals surface area (Å²) in [4.78, 5) is 24.1. The summed E-state index contributed by atoms with van der Waals surface area (Å²) in [5, 5.41) is 2.69. The number of nitrogens with two attached hydrogens (primary N) is 1. The lowest BCUT2D eigenvalue weighted by Crippen LogP contribution is -2.53. The van der Waals surface area contributed by atoms with Gasteiger partial charge in [0.1, 0.15) is 0 Å². The summed E-state index contributed by atoms with van der Waals surface area (Å²) in [6.07, 6.45) is 7.18. The van der Waals surface area contributed by atoms with E-state index in [0.29, 0.717) is 0 Å². The van der Waals surface area contributed by atoms with Crippen LogP contribution in [0, 0.1) is 23.2 Å². The summed E-state index contributed by atoms with van der Waals surface area (Å²) in [6.45, 7) is 1.82. The molecule has 0 aromatic rings. The molecule has 4 aliphatic carbocycles. The van der Waals surface area contributed by atoms with E-state index >= 15 is 0 Å². The van der Waals surface area contributed by atoms with Gasteiger partial charge < -0.3 is 11.1 Å². The van der Waals surface area contributed by atoms with Crippen LogP contribution < -0.4 is 11.1 Å². The average molecular weight is 264 g/mol. The molecule has 0 aliphatic heterocycles. The topological polar surface area (TPSA) is 72.2 Å². The van der Waals surface area contributed by atoms with Gasteiger partial charge in [0, 0.05) is 5.41 Å². The molecule has 4 bridgehead atoms. The molecule has 19 heavy (non-hydrogen) atoms. The molecular weight excluding hydrogens is 240 g/mol. The van der Waals surface area contributed by atoms with E-state index in [-0.39, 0.29) is 23.7 Å². The van der Waals surface area contributed by atoms with E-state index in [9.17, 15) is 9.59 Å². The summed E-state index contributed by atoms with van der Waals surface area (Å²) < 4.78 is 0. The molecule has 3 N–H and O–H groups in total. The van der Waals surface area contributed by atoms with Crippen molar-refractivity contribution in [2.75, 3.05) is 6.54 Å². The Balaban J connectivity index is 1.65. The second kappa shape index (κ2) is 4.58. The zero-order chi connectivity index (χ0) is 13.6. The van der Waals surface area contributed by atoms with E-state index in [1.165, 1.54) is 19.3 Å². The second-order valence-electron chi connectivity index (χ2n) is 7.13. The van der Waals surface area contributed by atoms with Gasteiger partial charge >= 0.3 is 0 Å². The van der Waals surface area contributed by atoms with Gasteiger partial charge in [-0.25, -0.2) is 0 Å². The number of carbonyl (C=O) groups excluding carboxylic acids is 2. The maximum Gasteiger partial charge on any atom is 0.236 e. The van der Waals surface area contributed by atoms with Gasteiger partial charge in [-0.3, -0.25) is 9.59 Å². The Bertz CT molecular complexity index is 368. The molecule has 1 unspecified atom stereocenters. The Labute approximate surface area is 114 Å². The van der Waals surface area contributed by atoms with Crippen LogP contribution in [0.25, 0.3) is 0 Å². The van der Waals surface area contributed by atoms with Gasteiger partial charge in [0.25, 0.3) is 0 Å². The quantitative estimate of drug-likeness (QED) is 0.802. The smallest absolute Gasteiger partial charge is 0.236 e. The monoisotopic (exact) mass is 264 g/mol. The Morgan fingerprint density at radius 2 is 1.63 bits per heavy atom. The minimum atomic E-state index is -0.538. The molecule has 0 saturated heterocycles. The molecule has 4 rings (SSSR count). The van der Waals surface area contributed by atoms with Crippen molar-refractivity contribution < 1.29 is 9.59 Å². The first kappa shape index (κ1) is 13.1. The minimum Gasteiger partial charge on any atom is -0.348 e. The number of hydrogen-bond donors (Lipinski definition) is 2. The molecule has 0 aromatic carbocycles. The number of ketones is 1. The van der Waals surface area contributed by atoms with Crippen molar-refractivity contribution in [2.24, 2.45) is 28.9 Å². The number of carbonyl (C=O) groups is 2. The molecule has 4 aliphatic rings. The van der Waals surface area contributed by atoms with Gasteiger partial charge in [-0.15, -0.1) is 0 Å². The Kier molecular flexibility index (Phi) is 3.16. The fraction of sp³-hybridized carbons (Fsp3) is 0.867. The number of rotatable bonds is 4. The van der Waals surface area contributed by atoms with Crippen LogP contribution in [-0.2, 0) is 9.59 Å². The van der Waals surface area contributed by atoms with E-state index in [2.05, 4.69) is 5.32 Å². The zero-order valence-electron chi connectivity index (χ0n) is 11.7. The predicted molar refractivity (Wildman–Crippen MR) is 72.3 cm³/mol. The van der Waals surface area contributed by atoms with Crippen molar-refractivity contribution in [1.82, 2.24) is 5.32 Å². The first-order valence-corrected chi connectivity index (χ1v) is 7.55. The van der Waals surface area contributed by atoms with Crippen molar-refractivity contribution in [1.29, 1.82) is 0 Å². The van der Waals surface area contributed by atoms with Gasteiger partial charge in [0.15, 0.2) is 5.78 Å². The highest BCUT2D eigenvalue weighted by Crippen LogP contribution is 2.60. The van der Waals surface area contributed by atoms with Crippen LogP contribution in [0.2, 0.25) is 0 Å². The van der Waals surface area contributed by atoms with Crippen LogP contribution in [0.3, 0.4) is 0 Å². The molecule has 0 aromatic heterocycles. The lowest BCUT2D eigenvalue weighted by Gasteiger charge is -2.56. The molecule has 0 radical (unpaired) electrons. The lowest BCUT2D eigenvalue weighted by molar-refractivity contribution is -0.144. The van der Waals surface area contributed by atoms with Crippen LogP contribution >= 0.6 is 0 Å². The fourth-order valence-electron chi connectivity index (χ4n) is 4.97. The molecule has 4 fully saturated rings. The first-order chi connectivity index (χ1) is 8.98. The molecule has 1 amide bonds. The summed E-state index contributed by atoms with van der Waals surface area (Å²) in [5.41, 5.74) is 5.39. The van der Waals surface area contributed by atoms with Crippen LogP contribution in [0.5, 0.6) is 0 Å². The summed E-state index contributed by atoms with van der Waals surface area (Å²) >= 11 is 0. The standard InChI is InChI=1S/C15H24N2O2/c1-9(16)14(19)17-8-13(18)15-5-10-2-11(6-15)4-12(3-10)7-15/h9-12H,2-8,16H2,1H3,(H,17,19). The predicted octanol–water partition coefficient (Wildman–Crippen LogP) is 1.24. The fourth-order valence-corrected chi connectivity index (χ4v) is 4.97. The van der Waals surface area contributed by atoms with Gasteiger partial charge in [-0.05, 0) is 63.2 Å². The van der Waals surface area contributed by atoms with Gasteiger partial charge in [0.05, 0.1) is 12.6 Å². The number of hydrogen-bond acceptors (Lipinski definition) is 3. The SMILES string of the molecule is CC(N)C(=O)NCC(=O)C12CC3CC(CC(C3)C1)C2. The Hall–Kier alpha value is -0.900. The maximum atomic E-state index is 12.6. The molecule has 4 saturated carbocycles. The first-order valence-electron chi connectivity index (χ1n) is 7.55. The molecule has 0 heterocycles. The zero-order valence-corrected chi connectivity index (χ0v) is 11.7. The molecule has 4 heteroatoms. The van der Waals surface area contributed by atoms with Gasteiger partial charge in [-0.2, -0.15) is 0 Å². The van der Waals surface area contributed by atoms with Crippen molar-refractivity contribution in [2.45, 2.75) is 51.5 Å². The third kappa shape index (κ3) is 2.31. The number of amides is 1. The molecular formula is C15H24N2O2. The van der Waals surface area contributed by atoms with Crippen molar-refractivity contribution in [3.05, 3.63) is 0 Å². The lowest BCUT2D eigenvalue weighted by atomic mass is 9.48. The highest BCUT2D eigenvalue weighted by molar-refractivity contribution is 5.91. The molecule has 106 valence electrons. The number of Topliss-reactive ketones (excluding diaryl/α,β-unsaturated/α-hetero) is 1. The molecule has 0 spiro atoms. The van der Waals surface area contributed by atoms with E-state index < -0.39 is 6.04 Å². The van der Waals surface area contributed by atoms with Crippen LogP contribution in [0.15, 0.2) is 0 Å². The summed E-state index contributed by atoms with van der Waals surface area (Å²) in [7, 11) is 0. The van der Waals surface area contributed by atoms with Gasteiger partial charge in [0.2, 0.25) is 5.91 Å². The highest BCUT2D eigenvalue weighted by Gasteiger charge is 2.54. The van der Waals surface area contributed by atoms with Gasteiger partial charge in [-0.1, -0.05) is 0 Å².